The van der Waals surface area contributed by atoms with Gasteiger partial charge in [0.2, 0.25) is 0 Å². The fourth-order valence-corrected chi connectivity index (χ4v) is 6.46. The number of furan rings is 1. The Kier molecular flexibility index (Phi) is 8.54. The van der Waals surface area contributed by atoms with Crippen LogP contribution in [0.15, 0.2) is 132 Å². The number of anilines is 3. The second kappa shape index (κ2) is 13.2. The molecule has 234 valence electrons. The maximum Gasteiger partial charge on any atom is 0.146 e. The zero-order valence-electron chi connectivity index (χ0n) is 27.7. The van der Waals surface area contributed by atoms with Crippen molar-refractivity contribution in [3.63, 3.8) is 0 Å². The fourth-order valence-electron chi connectivity index (χ4n) is 6.46. The molecule has 3 heteroatoms. The monoisotopic (exact) mass is 615 g/mol. The van der Waals surface area contributed by atoms with Crippen LogP contribution in [-0.2, 0) is 6.61 Å². The van der Waals surface area contributed by atoms with Crippen LogP contribution in [-0.4, -0.2) is 0 Å². The van der Waals surface area contributed by atoms with E-state index in [4.69, 9.17) is 9.15 Å². The molecule has 0 amide bonds. The minimum absolute atomic E-state index is 0.408. The minimum Gasteiger partial charge on any atom is -0.486 e. The molecule has 7 rings (SSSR count). The average molecular weight is 616 g/mol. The van der Waals surface area contributed by atoms with Crippen molar-refractivity contribution < 1.29 is 9.15 Å². The van der Waals surface area contributed by atoms with Crippen LogP contribution in [0, 0.1) is 27.7 Å². The van der Waals surface area contributed by atoms with Gasteiger partial charge in [-0.3, -0.25) is 0 Å². The molecule has 0 atom stereocenters. The maximum absolute atomic E-state index is 5.98. The maximum atomic E-state index is 5.98. The van der Waals surface area contributed by atoms with E-state index in [0.717, 1.165) is 34.2 Å². The molecule has 5 aromatic carbocycles. The third kappa shape index (κ3) is 7.26. The minimum atomic E-state index is 0.408. The van der Waals surface area contributed by atoms with E-state index in [1.807, 2.05) is 24.3 Å². The van der Waals surface area contributed by atoms with Crippen LogP contribution in [0.2, 0.25) is 0 Å². The lowest BCUT2D eigenvalue weighted by Crippen LogP contribution is -2.11. The van der Waals surface area contributed by atoms with Crippen LogP contribution in [0.25, 0.3) is 11.6 Å². The molecule has 0 saturated heterocycles. The summed E-state index contributed by atoms with van der Waals surface area (Å²) in [5.41, 5.74) is 14.6. The lowest BCUT2D eigenvalue weighted by molar-refractivity contribution is 0.270. The Labute approximate surface area is 278 Å². The van der Waals surface area contributed by atoms with Crippen molar-refractivity contribution in [3.8, 4) is 5.75 Å². The van der Waals surface area contributed by atoms with Gasteiger partial charge in [0, 0.05) is 17.1 Å². The first kappa shape index (κ1) is 30.4. The summed E-state index contributed by atoms with van der Waals surface area (Å²) in [6.45, 7) is 9.08. The molecule has 0 aliphatic heterocycles. The largest absolute Gasteiger partial charge is 0.486 e. The first-order valence-electron chi connectivity index (χ1n) is 16.5. The molecule has 1 saturated carbocycles. The van der Waals surface area contributed by atoms with Crippen molar-refractivity contribution in [1.82, 2.24) is 0 Å². The summed E-state index contributed by atoms with van der Waals surface area (Å²) in [7, 11) is 0. The quantitative estimate of drug-likeness (QED) is 0.143. The molecule has 6 aromatic rings. The summed E-state index contributed by atoms with van der Waals surface area (Å²) in [5, 5.41) is 0. The van der Waals surface area contributed by atoms with Gasteiger partial charge in [-0.05, 0) is 163 Å². The van der Waals surface area contributed by atoms with Crippen molar-refractivity contribution in [2.24, 2.45) is 0 Å². The van der Waals surface area contributed by atoms with Gasteiger partial charge < -0.3 is 14.1 Å². The Morgan fingerprint density at radius 3 is 1.72 bits per heavy atom. The van der Waals surface area contributed by atoms with E-state index in [1.165, 1.54) is 63.2 Å². The second-order valence-corrected chi connectivity index (χ2v) is 13.0. The molecule has 0 spiro atoms. The van der Waals surface area contributed by atoms with E-state index in [1.54, 1.807) is 6.26 Å². The van der Waals surface area contributed by atoms with Crippen molar-refractivity contribution in [2.75, 3.05) is 4.90 Å². The SMILES string of the molecule is Cc1cc(C)cc(N(c2ccc(/C=C(/c3ccc(OCc4ccco4)cc3)c3ccc(C4CC4)cc3)cc2)c2cc(C)cc(C)c2)c1. The molecular formula is C44H41NO2. The summed E-state index contributed by atoms with van der Waals surface area (Å²) < 4.78 is 11.4. The Hall–Kier alpha value is -5.28. The van der Waals surface area contributed by atoms with E-state index in [9.17, 15) is 0 Å². The Bertz CT molecular complexity index is 1900. The lowest BCUT2D eigenvalue weighted by Gasteiger charge is -2.27. The van der Waals surface area contributed by atoms with Crippen LogP contribution in [0.3, 0.4) is 0 Å². The molecule has 1 fully saturated rings. The van der Waals surface area contributed by atoms with Crippen molar-refractivity contribution in [1.29, 1.82) is 0 Å². The van der Waals surface area contributed by atoms with Crippen LogP contribution in [0.4, 0.5) is 17.1 Å². The highest BCUT2D eigenvalue weighted by Crippen LogP contribution is 2.41. The number of benzene rings is 5. The van der Waals surface area contributed by atoms with Crippen molar-refractivity contribution >= 4 is 28.7 Å². The standard InChI is InChI=1S/C44H41NO2/c1-30-22-31(2)25-40(24-30)45(41-26-32(3)23-33(4)27-41)39-17-7-34(8-18-39)28-44(37-13-11-36(12-14-37)35-9-10-35)38-15-19-42(20-16-38)47-29-43-6-5-21-46-43/h5-8,11-28,35H,9-10,29H2,1-4H3/b44-28+. The summed E-state index contributed by atoms with van der Waals surface area (Å²) in [6, 6.07) is 43.8. The molecule has 1 aliphatic carbocycles. The average Bonchev–Trinajstić information content (AvgIpc) is 3.78. The molecule has 1 heterocycles. The second-order valence-electron chi connectivity index (χ2n) is 13.0. The highest BCUT2D eigenvalue weighted by atomic mass is 16.5. The highest BCUT2D eigenvalue weighted by molar-refractivity contribution is 5.92. The number of hydrogen-bond donors (Lipinski definition) is 0. The number of rotatable bonds is 10. The third-order valence-corrected chi connectivity index (χ3v) is 8.79. The first-order chi connectivity index (χ1) is 22.9. The molecule has 0 unspecified atom stereocenters. The van der Waals surface area contributed by atoms with Gasteiger partial charge in [0.1, 0.15) is 18.1 Å². The molecular weight excluding hydrogens is 574 g/mol. The number of aryl methyl sites for hydroxylation is 4. The van der Waals surface area contributed by atoms with Gasteiger partial charge in [-0.1, -0.05) is 60.7 Å². The Balaban J connectivity index is 1.23. The highest BCUT2D eigenvalue weighted by Gasteiger charge is 2.23. The number of ether oxygens (including phenoxy) is 1. The summed E-state index contributed by atoms with van der Waals surface area (Å²) in [4.78, 5) is 2.37. The third-order valence-electron chi connectivity index (χ3n) is 8.79. The summed E-state index contributed by atoms with van der Waals surface area (Å²) in [6.07, 6.45) is 6.57. The van der Waals surface area contributed by atoms with Crippen LogP contribution in [0.1, 0.15) is 69.0 Å². The van der Waals surface area contributed by atoms with Gasteiger partial charge in [-0.25, -0.2) is 0 Å². The van der Waals surface area contributed by atoms with Gasteiger partial charge in [0.05, 0.1) is 6.26 Å². The zero-order chi connectivity index (χ0) is 32.3. The van der Waals surface area contributed by atoms with E-state index in [0.29, 0.717) is 6.61 Å². The molecule has 47 heavy (non-hydrogen) atoms. The number of hydrogen-bond acceptors (Lipinski definition) is 3. The number of nitrogens with zero attached hydrogens (tertiary/aromatic N) is 1. The molecule has 0 N–H and O–H groups in total. The smallest absolute Gasteiger partial charge is 0.146 e. The van der Waals surface area contributed by atoms with Gasteiger partial charge in [-0.15, -0.1) is 0 Å². The van der Waals surface area contributed by atoms with Crippen molar-refractivity contribution in [3.05, 3.63) is 178 Å². The lowest BCUT2D eigenvalue weighted by atomic mass is 9.94. The van der Waals surface area contributed by atoms with Crippen molar-refractivity contribution in [2.45, 2.75) is 53.1 Å². The first-order valence-corrected chi connectivity index (χ1v) is 16.5. The molecule has 0 bridgehead atoms. The predicted octanol–water partition coefficient (Wildman–Crippen LogP) is 12.0. The molecule has 1 aromatic heterocycles. The van der Waals surface area contributed by atoms with E-state index in [-0.39, 0.29) is 0 Å². The Morgan fingerprint density at radius 1 is 0.660 bits per heavy atom. The van der Waals surface area contributed by atoms with E-state index >= 15 is 0 Å². The fraction of sp³-hybridized carbons (Fsp3) is 0.182. The van der Waals surface area contributed by atoms with Gasteiger partial charge in [0.15, 0.2) is 0 Å². The van der Waals surface area contributed by atoms with Gasteiger partial charge in [0.25, 0.3) is 0 Å². The van der Waals surface area contributed by atoms with Crippen LogP contribution < -0.4 is 9.64 Å². The topological polar surface area (TPSA) is 25.6 Å². The molecule has 0 radical (unpaired) electrons. The van der Waals surface area contributed by atoms with Gasteiger partial charge in [-0.2, -0.15) is 0 Å². The molecule has 1 aliphatic rings. The van der Waals surface area contributed by atoms with Crippen LogP contribution >= 0.6 is 0 Å². The summed E-state index contributed by atoms with van der Waals surface area (Å²) in [5.74, 6) is 2.35. The van der Waals surface area contributed by atoms with Gasteiger partial charge >= 0.3 is 0 Å². The predicted molar refractivity (Wildman–Crippen MR) is 195 cm³/mol. The normalized spacial score (nSPS) is 13.1. The zero-order valence-corrected chi connectivity index (χ0v) is 27.7. The van der Waals surface area contributed by atoms with E-state index < -0.39 is 0 Å². The van der Waals surface area contributed by atoms with E-state index in [2.05, 4.69) is 136 Å². The molecule has 3 nitrogen and oxygen atoms in total. The Morgan fingerprint density at radius 2 is 1.21 bits per heavy atom. The summed E-state index contributed by atoms with van der Waals surface area (Å²) >= 11 is 0. The van der Waals surface area contributed by atoms with Crippen LogP contribution in [0.5, 0.6) is 5.75 Å².